The van der Waals surface area contributed by atoms with E-state index < -0.39 is 5.60 Å². The van der Waals surface area contributed by atoms with Crippen molar-refractivity contribution < 1.29 is 5.11 Å². The Hall–Kier alpha value is -0.120. The molecule has 0 radical (unpaired) electrons. The second-order valence-corrected chi connectivity index (χ2v) is 6.53. The molecule has 2 fully saturated rings. The van der Waals surface area contributed by atoms with Crippen LogP contribution in [0.4, 0.5) is 0 Å². The molecule has 1 aliphatic carbocycles. The Morgan fingerprint density at radius 2 is 1.81 bits per heavy atom. The molecule has 16 heavy (non-hydrogen) atoms. The van der Waals surface area contributed by atoms with Gasteiger partial charge in [-0.05, 0) is 44.6 Å². The van der Waals surface area contributed by atoms with Gasteiger partial charge in [0.05, 0.1) is 5.60 Å². The van der Waals surface area contributed by atoms with Crippen LogP contribution >= 0.6 is 0 Å². The summed E-state index contributed by atoms with van der Waals surface area (Å²) in [6.45, 7) is 6.24. The first-order valence-corrected chi connectivity index (χ1v) is 6.54. The number of rotatable bonds is 1. The first-order valence-electron chi connectivity index (χ1n) is 6.54. The first kappa shape index (κ1) is 12.3. The predicted octanol–water partition coefficient (Wildman–Crippen LogP) is 1.21. The Bertz CT molecular complexity index is 259. The number of likely N-dealkylation sites (tertiary alicyclic amines) is 1. The molecule has 3 unspecified atom stereocenters. The standard InChI is InChI=1S/C13H26N2O/c1-10-6-11(2)8-12(14,7-10)13(16)4-5-15(3)9-13/h10-11,16H,4-9,14H2,1-3H3. The Morgan fingerprint density at radius 1 is 1.25 bits per heavy atom. The number of β-amino-alcohol motifs (C(OH)–C–C–N with tert-alkyl or cyclic N) is 1. The lowest BCUT2D eigenvalue weighted by molar-refractivity contribution is -0.0578. The van der Waals surface area contributed by atoms with E-state index in [0.29, 0.717) is 11.8 Å². The van der Waals surface area contributed by atoms with Crippen LogP contribution in [0.1, 0.15) is 39.5 Å². The summed E-state index contributed by atoms with van der Waals surface area (Å²) in [7, 11) is 2.07. The summed E-state index contributed by atoms with van der Waals surface area (Å²) in [5, 5.41) is 10.8. The van der Waals surface area contributed by atoms with Gasteiger partial charge in [-0.1, -0.05) is 13.8 Å². The van der Waals surface area contributed by atoms with E-state index in [1.807, 2.05) is 0 Å². The number of nitrogens with zero attached hydrogens (tertiary/aromatic N) is 1. The number of nitrogens with two attached hydrogens (primary N) is 1. The van der Waals surface area contributed by atoms with E-state index in [2.05, 4.69) is 25.8 Å². The average molecular weight is 226 g/mol. The van der Waals surface area contributed by atoms with Gasteiger partial charge in [0, 0.05) is 18.6 Å². The number of hydrogen-bond acceptors (Lipinski definition) is 3. The Kier molecular flexibility index (Phi) is 3.06. The highest BCUT2D eigenvalue weighted by atomic mass is 16.3. The third-order valence-electron chi connectivity index (χ3n) is 4.60. The van der Waals surface area contributed by atoms with E-state index in [4.69, 9.17) is 5.73 Å². The highest BCUT2D eigenvalue weighted by molar-refractivity contribution is 5.10. The van der Waals surface area contributed by atoms with Crippen molar-refractivity contribution in [3.05, 3.63) is 0 Å². The van der Waals surface area contributed by atoms with Crippen molar-refractivity contribution in [3.8, 4) is 0 Å². The smallest absolute Gasteiger partial charge is 0.0964 e. The van der Waals surface area contributed by atoms with Crippen molar-refractivity contribution in [2.45, 2.75) is 50.7 Å². The number of hydrogen-bond donors (Lipinski definition) is 2. The van der Waals surface area contributed by atoms with Gasteiger partial charge in [-0.25, -0.2) is 0 Å². The van der Waals surface area contributed by atoms with Crippen molar-refractivity contribution in [1.29, 1.82) is 0 Å². The van der Waals surface area contributed by atoms with Crippen LogP contribution in [0.5, 0.6) is 0 Å². The van der Waals surface area contributed by atoms with Gasteiger partial charge in [-0.2, -0.15) is 0 Å². The zero-order valence-electron chi connectivity index (χ0n) is 10.9. The monoisotopic (exact) mass is 226 g/mol. The minimum absolute atomic E-state index is 0.366. The summed E-state index contributed by atoms with van der Waals surface area (Å²) in [5.41, 5.74) is 5.54. The van der Waals surface area contributed by atoms with E-state index in [0.717, 1.165) is 32.4 Å². The molecule has 94 valence electrons. The second-order valence-electron chi connectivity index (χ2n) is 6.53. The number of aliphatic hydroxyl groups is 1. The van der Waals surface area contributed by atoms with Gasteiger partial charge in [0.2, 0.25) is 0 Å². The van der Waals surface area contributed by atoms with Gasteiger partial charge in [0.15, 0.2) is 0 Å². The third kappa shape index (κ3) is 2.01. The fourth-order valence-corrected chi connectivity index (χ4v) is 3.95. The first-order chi connectivity index (χ1) is 7.35. The molecule has 0 aromatic carbocycles. The maximum atomic E-state index is 10.8. The SMILES string of the molecule is CC1CC(C)CC(N)(C2(O)CCN(C)C2)C1. The summed E-state index contributed by atoms with van der Waals surface area (Å²) in [4.78, 5) is 2.19. The zero-order chi connectivity index (χ0) is 12.0. The minimum Gasteiger partial charge on any atom is -0.387 e. The van der Waals surface area contributed by atoms with E-state index >= 15 is 0 Å². The third-order valence-corrected chi connectivity index (χ3v) is 4.60. The highest BCUT2D eigenvalue weighted by Crippen LogP contribution is 2.43. The van der Waals surface area contributed by atoms with Crippen LogP contribution in [0.25, 0.3) is 0 Å². The maximum absolute atomic E-state index is 10.8. The molecule has 3 atom stereocenters. The molecule has 3 heteroatoms. The van der Waals surface area contributed by atoms with Crippen LogP contribution in [0.2, 0.25) is 0 Å². The van der Waals surface area contributed by atoms with Crippen LogP contribution in [0.3, 0.4) is 0 Å². The lowest BCUT2D eigenvalue weighted by atomic mass is 9.64. The van der Waals surface area contributed by atoms with E-state index in [9.17, 15) is 5.11 Å². The molecule has 1 saturated heterocycles. The zero-order valence-corrected chi connectivity index (χ0v) is 10.9. The summed E-state index contributed by atoms with van der Waals surface area (Å²) in [6.07, 6.45) is 4.04. The van der Waals surface area contributed by atoms with Gasteiger partial charge in [-0.15, -0.1) is 0 Å². The largest absolute Gasteiger partial charge is 0.387 e. The van der Waals surface area contributed by atoms with Crippen molar-refractivity contribution in [2.75, 3.05) is 20.1 Å². The quantitative estimate of drug-likeness (QED) is 0.706. The molecular formula is C13H26N2O. The van der Waals surface area contributed by atoms with Crippen LogP contribution < -0.4 is 5.73 Å². The van der Waals surface area contributed by atoms with Crippen molar-refractivity contribution in [2.24, 2.45) is 17.6 Å². The lowest BCUT2D eigenvalue weighted by Crippen LogP contribution is -2.64. The summed E-state index contributed by atoms with van der Waals surface area (Å²) < 4.78 is 0. The molecule has 3 N–H and O–H groups in total. The molecule has 2 aliphatic rings. The van der Waals surface area contributed by atoms with Crippen molar-refractivity contribution >= 4 is 0 Å². The number of likely N-dealkylation sites (N-methyl/N-ethyl adjacent to an activating group) is 1. The molecule has 0 spiro atoms. The molecule has 1 heterocycles. The summed E-state index contributed by atoms with van der Waals surface area (Å²) in [6, 6.07) is 0. The topological polar surface area (TPSA) is 49.5 Å². The Morgan fingerprint density at radius 3 is 2.25 bits per heavy atom. The van der Waals surface area contributed by atoms with E-state index in [1.54, 1.807) is 0 Å². The molecule has 0 aromatic heterocycles. The molecular weight excluding hydrogens is 200 g/mol. The van der Waals surface area contributed by atoms with Gasteiger partial charge in [-0.3, -0.25) is 0 Å². The molecule has 3 nitrogen and oxygen atoms in total. The summed E-state index contributed by atoms with van der Waals surface area (Å²) >= 11 is 0. The summed E-state index contributed by atoms with van der Waals surface area (Å²) in [5.74, 6) is 1.28. The van der Waals surface area contributed by atoms with Crippen molar-refractivity contribution in [3.63, 3.8) is 0 Å². The molecule has 1 saturated carbocycles. The predicted molar refractivity (Wildman–Crippen MR) is 66.2 cm³/mol. The maximum Gasteiger partial charge on any atom is 0.0964 e. The molecule has 2 rings (SSSR count). The lowest BCUT2D eigenvalue weighted by Gasteiger charge is -2.49. The average Bonchev–Trinajstić information content (AvgIpc) is 2.45. The van der Waals surface area contributed by atoms with E-state index in [1.165, 1.54) is 6.42 Å². The molecule has 0 amide bonds. The van der Waals surface area contributed by atoms with Crippen LogP contribution in [0, 0.1) is 11.8 Å². The fraction of sp³-hybridized carbons (Fsp3) is 1.00. The van der Waals surface area contributed by atoms with Gasteiger partial charge in [0.25, 0.3) is 0 Å². The van der Waals surface area contributed by atoms with E-state index in [-0.39, 0.29) is 5.54 Å². The fourth-order valence-electron chi connectivity index (χ4n) is 3.95. The minimum atomic E-state index is -0.662. The van der Waals surface area contributed by atoms with Gasteiger partial charge in [0.1, 0.15) is 0 Å². The Labute approximate surface area is 99.0 Å². The molecule has 1 aliphatic heterocycles. The normalized spacial score (nSPS) is 50.8. The van der Waals surface area contributed by atoms with Gasteiger partial charge < -0.3 is 15.7 Å². The van der Waals surface area contributed by atoms with Crippen molar-refractivity contribution in [1.82, 2.24) is 4.90 Å². The second kappa shape index (κ2) is 3.97. The molecule has 0 bridgehead atoms. The van der Waals surface area contributed by atoms with Crippen LogP contribution in [-0.4, -0.2) is 41.3 Å². The van der Waals surface area contributed by atoms with Crippen LogP contribution in [0.15, 0.2) is 0 Å². The molecule has 0 aromatic rings. The Balaban J connectivity index is 2.17. The highest BCUT2D eigenvalue weighted by Gasteiger charge is 2.52. The van der Waals surface area contributed by atoms with Gasteiger partial charge >= 0.3 is 0 Å². The van der Waals surface area contributed by atoms with Crippen LogP contribution in [-0.2, 0) is 0 Å².